The largest absolute Gasteiger partial charge is 0.481 e. The van der Waals surface area contributed by atoms with Gasteiger partial charge in [-0.25, -0.2) is 4.98 Å². The van der Waals surface area contributed by atoms with E-state index in [1.165, 1.54) is 19.4 Å². The van der Waals surface area contributed by atoms with Crippen LogP contribution in [0.1, 0.15) is 71.6 Å². The molecule has 0 aliphatic rings. The first-order chi connectivity index (χ1) is 31.1. The molecular formula is C42H61N13O11. The first-order valence-electron chi connectivity index (χ1n) is 21.2. The Morgan fingerprint density at radius 3 is 1.94 bits per heavy atom. The summed E-state index contributed by atoms with van der Waals surface area (Å²) < 4.78 is 0. The van der Waals surface area contributed by atoms with Gasteiger partial charge in [0.2, 0.25) is 53.2 Å². The lowest BCUT2D eigenvalue weighted by Crippen LogP contribution is -2.59. The van der Waals surface area contributed by atoms with Crippen LogP contribution in [0.5, 0.6) is 0 Å². The lowest BCUT2D eigenvalue weighted by Gasteiger charge is -2.26. The van der Waals surface area contributed by atoms with E-state index >= 15 is 0 Å². The number of hydrogen-bond acceptors (Lipinski definition) is 12. The molecule has 0 saturated heterocycles. The van der Waals surface area contributed by atoms with Gasteiger partial charge in [-0.2, -0.15) is 0 Å². The number of aromatic amines is 2. The summed E-state index contributed by atoms with van der Waals surface area (Å²) in [4.78, 5) is 138. The van der Waals surface area contributed by atoms with Crippen molar-refractivity contribution in [2.24, 2.45) is 29.0 Å². The fourth-order valence-electron chi connectivity index (χ4n) is 6.65. The molecule has 2 heterocycles. The zero-order chi connectivity index (χ0) is 49.2. The number of aliphatic carboxylic acids is 1. The summed E-state index contributed by atoms with van der Waals surface area (Å²) in [6, 6.07) is -2.10. The van der Waals surface area contributed by atoms with Crippen LogP contribution in [0.25, 0.3) is 10.9 Å². The van der Waals surface area contributed by atoms with Crippen molar-refractivity contribution in [2.75, 3.05) is 6.54 Å². The van der Waals surface area contributed by atoms with Crippen molar-refractivity contribution in [2.45, 2.75) is 115 Å². The maximum Gasteiger partial charge on any atom is 0.305 e. The number of carboxylic acids is 1. The monoisotopic (exact) mass is 923 g/mol. The molecule has 1 aromatic carbocycles. The topological polar surface area (TPSA) is 398 Å². The van der Waals surface area contributed by atoms with Crippen LogP contribution in [0.3, 0.4) is 0 Å². The average molecular weight is 924 g/mol. The predicted octanol–water partition coefficient (Wildman–Crippen LogP) is -3.02. The molecule has 66 heavy (non-hydrogen) atoms. The average Bonchev–Trinajstić information content (AvgIpc) is 3.91. The Morgan fingerprint density at radius 1 is 0.712 bits per heavy atom. The number of benzene rings is 1. The fourth-order valence-corrected chi connectivity index (χ4v) is 6.65. The lowest BCUT2D eigenvalue weighted by atomic mass is 10.0. The fraction of sp³-hybridized carbons (Fsp3) is 0.500. The molecule has 3 aromatic rings. The molecule has 24 heteroatoms. The van der Waals surface area contributed by atoms with Crippen LogP contribution in [0.4, 0.5) is 0 Å². The SMILES string of the molecule is CC(C)C[C@H](NC(=O)[C@H](Cc1cnc[nH]1)NC(=O)CNC(=O)[C@@H](NC(=O)[C@H](C)NC(=O)[C@H](Cc1c[nH]c2ccccc12)NC(=O)[C@H](CCC(N)=O)NC(=O)[C@@H](N)CC(=O)O)C(C)C)C(N)=O. The van der Waals surface area contributed by atoms with Crippen LogP contribution in [0, 0.1) is 11.8 Å². The minimum Gasteiger partial charge on any atom is -0.481 e. The third-order valence-electron chi connectivity index (χ3n) is 10.2. The van der Waals surface area contributed by atoms with Gasteiger partial charge in [0.25, 0.3) is 0 Å². The number of hydrogen-bond donors (Lipinski definition) is 13. The Balaban J connectivity index is 1.74. The smallest absolute Gasteiger partial charge is 0.305 e. The Labute approximate surface area is 379 Å². The van der Waals surface area contributed by atoms with E-state index in [1.54, 1.807) is 44.3 Å². The molecule has 0 spiro atoms. The number of carbonyl (C=O) groups excluding carboxylic acids is 9. The summed E-state index contributed by atoms with van der Waals surface area (Å²) in [5, 5.41) is 27.3. The van der Waals surface area contributed by atoms with Crippen molar-refractivity contribution in [1.82, 2.24) is 52.2 Å². The summed E-state index contributed by atoms with van der Waals surface area (Å²) >= 11 is 0. The molecule has 0 radical (unpaired) electrons. The third-order valence-corrected chi connectivity index (χ3v) is 10.2. The summed E-state index contributed by atoms with van der Waals surface area (Å²) in [5.41, 5.74) is 18.3. The molecule has 2 aromatic heterocycles. The molecule has 0 bridgehead atoms. The normalized spacial score (nSPS) is 14.4. The first-order valence-corrected chi connectivity index (χ1v) is 21.2. The van der Waals surface area contributed by atoms with Gasteiger partial charge in [-0.15, -0.1) is 0 Å². The number of rotatable bonds is 27. The second kappa shape index (κ2) is 25.2. The van der Waals surface area contributed by atoms with Gasteiger partial charge >= 0.3 is 5.97 Å². The van der Waals surface area contributed by atoms with E-state index in [0.29, 0.717) is 16.6 Å². The Kier molecular flexibility index (Phi) is 20.2. The number of carbonyl (C=O) groups is 10. The van der Waals surface area contributed by atoms with Gasteiger partial charge in [-0.1, -0.05) is 45.9 Å². The van der Waals surface area contributed by atoms with Crippen molar-refractivity contribution >= 4 is 70.0 Å². The Hall–Kier alpha value is -7.37. The van der Waals surface area contributed by atoms with Crippen LogP contribution in [-0.2, 0) is 60.8 Å². The van der Waals surface area contributed by atoms with E-state index in [4.69, 9.17) is 22.3 Å². The van der Waals surface area contributed by atoms with E-state index in [1.807, 2.05) is 13.8 Å². The number of fused-ring (bicyclic) bond motifs is 1. The first kappa shape index (κ1) is 53.0. The molecule has 9 amide bonds. The van der Waals surface area contributed by atoms with Crippen LogP contribution >= 0.6 is 0 Å². The van der Waals surface area contributed by atoms with Crippen LogP contribution in [-0.4, -0.2) is 128 Å². The number of primary amides is 2. The highest BCUT2D eigenvalue weighted by atomic mass is 16.4. The number of imidazole rings is 1. The van der Waals surface area contributed by atoms with Gasteiger partial charge in [-0.05, 0) is 43.2 Å². The highest BCUT2D eigenvalue weighted by Gasteiger charge is 2.33. The minimum atomic E-state index is -1.55. The van der Waals surface area contributed by atoms with E-state index in [9.17, 15) is 47.9 Å². The zero-order valence-corrected chi connectivity index (χ0v) is 37.4. The molecule has 0 aliphatic heterocycles. The Bertz CT molecular complexity index is 2210. The molecule has 360 valence electrons. The van der Waals surface area contributed by atoms with Gasteiger partial charge in [0.05, 0.1) is 25.3 Å². The summed E-state index contributed by atoms with van der Waals surface area (Å²) in [7, 11) is 0. The van der Waals surface area contributed by atoms with Gasteiger partial charge < -0.3 is 69.5 Å². The maximum absolute atomic E-state index is 14.0. The summed E-state index contributed by atoms with van der Waals surface area (Å²) in [6.07, 6.45) is 3.06. The number of nitrogens with one attached hydrogen (secondary N) is 9. The molecular weight excluding hydrogens is 863 g/mol. The lowest BCUT2D eigenvalue weighted by molar-refractivity contribution is -0.140. The maximum atomic E-state index is 14.0. The van der Waals surface area contributed by atoms with Crippen LogP contribution < -0.4 is 54.4 Å². The molecule has 0 aliphatic carbocycles. The number of H-pyrrole nitrogens is 2. The van der Waals surface area contributed by atoms with Crippen LogP contribution in [0.15, 0.2) is 43.0 Å². The van der Waals surface area contributed by atoms with Crippen molar-refractivity contribution in [3.8, 4) is 0 Å². The highest BCUT2D eigenvalue weighted by Crippen LogP contribution is 2.19. The van der Waals surface area contributed by atoms with Gasteiger partial charge in [0, 0.05) is 48.3 Å². The summed E-state index contributed by atoms with van der Waals surface area (Å²) in [5.74, 6) is -9.36. The number of nitrogens with zero attached hydrogens (tertiary/aromatic N) is 1. The van der Waals surface area contributed by atoms with Crippen molar-refractivity contribution in [3.05, 3.63) is 54.2 Å². The molecule has 0 unspecified atom stereocenters. The zero-order valence-electron chi connectivity index (χ0n) is 37.4. The second-order valence-electron chi connectivity index (χ2n) is 16.6. The second-order valence-corrected chi connectivity index (χ2v) is 16.6. The molecule has 0 fully saturated rings. The number of para-hydroxylation sites is 1. The minimum absolute atomic E-state index is 0.00945. The molecule has 7 atom stereocenters. The van der Waals surface area contributed by atoms with Gasteiger partial charge in [0.15, 0.2) is 0 Å². The van der Waals surface area contributed by atoms with Crippen molar-refractivity contribution in [3.63, 3.8) is 0 Å². The number of carboxylic acid groups (broad SMARTS) is 1. The standard InChI is InChI=1S/C42H61N13O11/c1-20(2)12-29(36(45)60)53-41(65)31(14-24-17-46-19-49-24)51-33(57)18-48-42(66)35(21(3)4)55-37(61)22(5)50-40(64)30(13-23-16-47-27-9-7-6-8-25(23)27)54-39(63)28(10-11-32(44)56)52-38(62)26(43)15-34(58)59/h6-9,16-17,19-22,26,28-31,35,47H,10-15,18,43H2,1-5H3,(H2,44,56)(H2,45,60)(H,46,49)(H,48,66)(H,50,64)(H,51,57)(H,52,62)(H,53,65)(H,54,63)(H,55,61)(H,58,59)/t22-,26-,28-,29-,30-,31-,35-/m0/s1. The van der Waals surface area contributed by atoms with Gasteiger partial charge in [-0.3, -0.25) is 47.9 Å². The number of amides is 9. The van der Waals surface area contributed by atoms with E-state index in [2.05, 4.69) is 52.2 Å². The quantitative estimate of drug-likeness (QED) is 0.0363. The highest BCUT2D eigenvalue weighted by molar-refractivity contribution is 5.98. The number of aromatic nitrogens is 3. The van der Waals surface area contributed by atoms with Crippen LogP contribution in [0.2, 0.25) is 0 Å². The molecule has 3 rings (SSSR count). The van der Waals surface area contributed by atoms with Crippen molar-refractivity contribution < 1.29 is 53.1 Å². The predicted molar refractivity (Wildman–Crippen MR) is 237 cm³/mol. The Morgan fingerprint density at radius 2 is 1.33 bits per heavy atom. The van der Waals surface area contributed by atoms with E-state index in [0.717, 1.165) is 5.52 Å². The third kappa shape index (κ3) is 17.0. The van der Waals surface area contributed by atoms with Crippen molar-refractivity contribution in [1.29, 1.82) is 0 Å². The van der Waals surface area contributed by atoms with E-state index in [-0.39, 0.29) is 38.0 Å². The molecule has 16 N–H and O–H groups in total. The molecule has 24 nitrogen and oxygen atoms in total. The summed E-state index contributed by atoms with van der Waals surface area (Å²) in [6.45, 7) is 7.64. The van der Waals surface area contributed by atoms with E-state index < -0.39 is 120 Å². The number of nitrogens with two attached hydrogens (primary N) is 3. The molecule has 0 saturated carbocycles. The van der Waals surface area contributed by atoms with Gasteiger partial charge in [0.1, 0.15) is 36.3 Å².